The lowest BCUT2D eigenvalue weighted by atomic mass is 9.91. The number of nitrogens with zero attached hydrogens (tertiary/aromatic N) is 1. The number of anilines is 2. The predicted molar refractivity (Wildman–Crippen MR) is 244 cm³/mol. The maximum Gasteiger partial charge on any atom is 0.178 e. The van der Waals surface area contributed by atoms with Crippen molar-refractivity contribution in [2.24, 2.45) is 0 Å². The van der Waals surface area contributed by atoms with E-state index >= 15 is 0 Å². The molecule has 2 aliphatic rings. The van der Waals surface area contributed by atoms with Crippen LogP contribution in [0.1, 0.15) is 48.9 Å². The van der Waals surface area contributed by atoms with E-state index < -0.39 is 0 Å². The molecule has 0 spiro atoms. The molecule has 1 heterocycles. The van der Waals surface area contributed by atoms with E-state index in [9.17, 15) is 0 Å². The van der Waals surface area contributed by atoms with Crippen LogP contribution in [0.4, 0.5) is 11.4 Å². The predicted octanol–water partition coefficient (Wildman–Crippen LogP) is 15.7. The van der Waals surface area contributed by atoms with Gasteiger partial charge in [0.25, 0.3) is 0 Å². The molecule has 0 fully saturated rings. The molecule has 9 aromatic rings. The molecular weight excluding hydrogens is 707 g/mol. The summed E-state index contributed by atoms with van der Waals surface area (Å²) in [6.45, 7) is 6.61. The minimum atomic E-state index is 0.320. The van der Waals surface area contributed by atoms with Gasteiger partial charge in [-0.25, -0.2) is 0 Å². The summed E-state index contributed by atoms with van der Waals surface area (Å²) in [5, 5.41) is 7.06. The highest BCUT2D eigenvalue weighted by Gasteiger charge is 2.27. The molecule has 0 radical (unpaired) electrons. The molecule has 0 bridgehead atoms. The van der Waals surface area contributed by atoms with Crippen molar-refractivity contribution >= 4 is 72.1 Å². The molecule has 0 amide bonds. The summed E-state index contributed by atoms with van der Waals surface area (Å²) in [4.78, 5) is 2.38. The second-order valence-corrected chi connectivity index (χ2v) is 15.5. The zero-order valence-electron chi connectivity index (χ0n) is 32.8. The van der Waals surface area contributed by atoms with E-state index in [-0.39, 0.29) is 0 Å². The Morgan fingerprint density at radius 3 is 2.03 bits per heavy atom. The van der Waals surface area contributed by atoms with Crippen LogP contribution in [0.2, 0.25) is 0 Å². The topological polar surface area (TPSA) is 29.5 Å². The van der Waals surface area contributed by atoms with E-state index in [0.29, 0.717) is 28.2 Å². The standard InChI is InChI=1S/C55H41NO2/c1-4-34(2)56(36-29-30-45-38-20-9-8-17-37(38)35(3)48(45)31-36)51-27-15-14-25-46(51)47-26-16-28-52-55(47)58-54-33-50-44-24-13-11-22-42(44)40-19-7-5-6-18-39(40)41-21-10-12-23-43(41)49(50)32-53(54)57-52/h4-18,20-33,35H,19H2,1-3H3/b34-4+,41-39?,42-40?,49-43?,50-44?/t35-/m1/s1. The monoisotopic (exact) mass is 747 g/mol. The van der Waals surface area contributed by atoms with Crippen LogP contribution in [0.25, 0.3) is 83.0 Å². The quantitative estimate of drug-likeness (QED) is 0.168. The van der Waals surface area contributed by atoms with Crippen LogP contribution in [0.3, 0.4) is 0 Å². The van der Waals surface area contributed by atoms with Gasteiger partial charge in [-0.1, -0.05) is 146 Å². The van der Waals surface area contributed by atoms with E-state index in [4.69, 9.17) is 8.83 Å². The van der Waals surface area contributed by atoms with E-state index in [2.05, 4.69) is 196 Å². The molecule has 0 saturated heterocycles. The smallest absolute Gasteiger partial charge is 0.178 e. The molecule has 8 aromatic carbocycles. The highest BCUT2D eigenvalue weighted by atomic mass is 16.4. The third-order valence-electron chi connectivity index (χ3n) is 12.4. The average molecular weight is 748 g/mol. The number of para-hydroxylation sites is 2. The summed E-state index contributed by atoms with van der Waals surface area (Å²) in [7, 11) is 0. The fourth-order valence-corrected chi connectivity index (χ4v) is 9.51. The molecule has 0 unspecified atom stereocenters. The summed E-state index contributed by atoms with van der Waals surface area (Å²) < 4.78 is 13.9. The summed E-state index contributed by atoms with van der Waals surface area (Å²) >= 11 is 0. The van der Waals surface area contributed by atoms with E-state index in [1.165, 1.54) is 54.9 Å². The molecule has 0 saturated carbocycles. The average Bonchev–Trinajstić information content (AvgIpc) is 3.38. The maximum absolute atomic E-state index is 7.08. The lowest BCUT2D eigenvalue weighted by Crippen LogP contribution is -2.15. The Labute approximate surface area is 337 Å². The SMILES string of the molecule is C/C=C(\C)N(c1ccc2c(c1)[C@H](C)c1ccccc1-2)c1ccccc1-c1cccc2oc3cc4c5ccccc5c5c(c6ccccc6c4cc3oc12)CC=CC=C5. The minimum Gasteiger partial charge on any atom is -0.449 e. The molecule has 11 rings (SSSR count). The number of allylic oxidation sites excluding steroid dienone is 5. The minimum absolute atomic E-state index is 0.320. The van der Waals surface area contributed by atoms with Crippen molar-refractivity contribution in [3.63, 3.8) is 0 Å². The third-order valence-corrected chi connectivity index (χ3v) is 12.4. The molecule has 1 atom stereocenters. The number of rotatable bonds is 4. The van der Waals surface area contributed by atoms with Crippen LogP contribution in [-0.4, -0.2) is 0 Å². The Morgan fingerprint density at radius 1 is 0.569 bits per heavy atom. The Bertz CT molecular complexity index is 3310. The van der Waals surface area contributed by atoms with Gasteiger partial charge in [0.15, 0.2) is 22.3 Å². The summed E-state index contributed by atoms with van der Waals surface area (Å²) in [5.74, 6) is 0.320. The molecule has 278 valence electrons. The zero-order chi connectivity index (χ0) is 38.9. The second kappa shape index (κ2) is 13.5. The van der Waals surface area contributed by atoms with Gasteiger partial charge >= 0.3 is 0 Å². The van der Waals surface area contributed by atoms with Gasteiger partial charge in [0, 0.05) is 28.4 Å². The summed E-state index contributed by atoms with van der Waals surface area (Å²) in [6, 6.07) is 52.5. The Kier molecular flexibility index (Phi) is 7.97. The first-order chi connectivity index (χ1) is 28.6. The van der Waals surface area contributed by atoms with Crippen LogP contribution in [0.5, 0.6) is 0 Å². The van der Waals surface area contributed by atoms with Crippen LogP contribution >= 0.6 is 0 Å². The first-order valence-electron chi connectivity index (χ1n) is 20.3. The Hall–Kier alpha value is -7.10. The molecule has 1 aromatic heterocycles. The summed E-state index contributed by atoms with van der Waals surface area (Å²) in [5.41, 5.74) is 16.2. The molecule has 0 aliphatic heterocycles. The Morgan fingerprint density at radius 2 is 1.22 bits per heavy atom. The van der Waals surface area contributed by atoms with Gasteiger partial charge in [0.05, 0.1) is 5.69 Å². The van der Waals surface area contributed by atoms with Gasteiger partial charge in [0.2, 0.25) is 0 Å². The first-order valence-corrected chi connectivity index (χ1v) is 20.3. The van der Waals surface area contributed by atoms with Gasteiger partial charge in [-0.15, -0.1) is 0 Å². The van der Waals surface area contributed by atoms with Crippen molar-refractivity contribution in [3.8, 4) is 22.3 Å². The van der Waals surface area contributed by atoms with Crippen molar-refractivity contribution in [3.05, 3.63) is 198 Å². The lowest BCUT2D eigenvalue weighted by molar-refractivity contribution is 0.583. The highest BCUT2D eigenvalue weighted by molar-refractivity contribution is 6.20. The maximum atomic E-state index is 7.08. The largest absolute Gasteiger partial charge is 0.449 e. The first kappa shape index (κ1) is 34.2. The van der Waals surface area contributed by atoms with Gasteiger partial charge in [0.1, 0.15) is 0 Å². The number of hydrogen-bond acceptors (Lipinski definition) is 3. The van der Waals surface area contributed by atoms with Crippen LogP contribution in [0.15, 0.2) is 184 Å². The van der Waals surface area contributed by atoms with Crippen LogP contribution in [0, 0.1) is 0 Å². The Balaban J connectivity index is 1.14. The van der Waals surface area contributed by atoms with Crippen molar-refractivity contribution < 1.29 is 8.83 Å². The number of fused-ring (bicyclic) bond motifs is 13. The zero-order valence-corrected chi connectivity index (χ0v) is 32.8. The molecule has 58 heavy (non-hydrogen) atoms. The number of benzene rings is 7. The van der Waals surface area contributed by atoms with E-state index in [1.54, 1.807) is 0 Å². The van der Waals surface area contributed by atoms with Crippen molar-refractivity contribution in [1.29, 1.82) is 0 Å². The fourth-order valence-electron chi connectivity index (χ4n) is 9.51. The second-order valence-electron chi connectivity index (χ2n) is 15.5. The van der Waals surface area contributed by atoms with Gasteiger partial charge < -0.3 is 13.7 Å². The van der Waals surface area contributed by atoms with Gasteiger partial charge in [-0.2, -0.15) is 0 Å². The lowest BCUT2D eigenvalue weighted by Gasteiger charge is -2.29. The van der Waals surface area contributed by atoms with Crippen LogP contribution < -0.4 is 4.90 Å². The highest BCUT2D eigenvalue weighted by Crippen LogP contribution is 2.48. The molecule has 3 nitrogen and oxygen atoms in total. The molecule has 3 heteroatoms. The number of hydrogen-bond donors (Lipinski definition) is 0. The van der Waals surface area contributed by atoms with Crippen molar-refractivity contribution in [2.75, 3.05) is 4.90 Å². The van der Waals surface area contributed by atoms with E-state index in [1.807, 2.05) is 6.07 Å². The van der Waals surface area contributed by atoms with Crippen LogP contribution in [-0.2, 0) is 6.42 Å². The van der Waals surface area contributed by atoms with Crippen molar-refractivity contribution in [1.82, 2.24) is 0 Å². The molecule has 2 aliphatic carbocycles. The van der Waals surface area contributed by atoms with E-state index in [0.717, 1.165) is 45.4 Å². The fraction of sp³-hybridized carbons (Fsp3) is 0.0909. The summed E-state index contributed by atoms with van der Waals surface area (Å²) in [6.07, 6.45) is 11.9. The molecule has 0 N–H and O–H groups in total. The normalized spacial score (nSPS) is 14.5. The van der Waals surface area contributed by atoms with Crippen molar-refractivity contribution in [2.45, 2.75) is 33.1 Å². The third kappa shape index (κ3) is 5.27. The van der Waals surface area contributed by atoms with Gasteiger partial charge in [-0.05, 0) is 122 Å². The van der Waals surface area contributed by atoms with Gasteiger partial charge in [-0.3, -0.25) is 0 Å². The molecular formula is C55H41NO2.